The Morgan fingerprint density at radius 3 is 2.95 bits per heavy atom. The molecule has 0 unspecified atom stereocenters. The van der Waals surface area contributed by atoms with E-state index in [4.69, 9.17) is 4.74 Å². The Hall–Kier alpha value is -1.62. The van der Waals surface area contributed by atoms with Crippen molar-refractivity contribution in [2.75, 3.05) is 38.7 Å². The van der Waals surface area contributed by atoms with Gasteiger partial charge in [0.15, 0.2) is 0 Å². The van der Waals surface area contributed by atoms with Crippen molar-refractivity contribution >= 4 is 11.6 Å². The fourth-order valence-electron chi connectivity index (χ4n) is 2.11. The number of hydrogen-bond donors (Lipinski definition) is 1. The van der Waals surface area contributed by atoms with E-state index >= 15 is 0 Å². The monoisotopic (exact) mass is 291 g/mol. The van der Waals surface area contributed by atoms with Crippen LogP contribution in [0.15, 0.2) is 12.3 Å². The van der Waals surface area contributed by atoms with Crippen LogP contribution in [0, 0.1) is 12.8 Å². The molecule has 0 aromatic carbocycles. The smallest absolute Gasteiger partial charge is 0.257 e. The maximum Gasteiger partial charge on any atom is 0.257 e. The van der Waals surface area contributed by atoms with E-state index in [2.05, 4.69) is 10.3 Å². The van der Waals surface area contributed by atoms with E-state index in [0.717, 1.165) is 30.5 Å². The van der Waals surface area contributed by atoms with E-state index in [0.29, 0.717) is 18.7 Å². The summed E-state index contributed by atoms with van der Waals surface area (Å²) in [6.07, 6.45) is 4.23. The molecule has 0 aliphatic heterocycles. The van der Waals surface area contributed by atoms with Gasteiger partial charge in [-0.15, -0.1) is 0 Å². The Morgan fingerprint density at radius 1 is 1.52 bits per heavy atom. The normalized spacial score (nSPS) is 14.0. The number of anilines is 1. The van der Waals surface area contributed by atoms with Gasteiger partial charge in [0.25, 0.3) is 5.91 Å². The molecular weight excluding hydrogens is 266 g/mol. The van der Waals surface area contributed by atoms with Crippen LogP contribution < -0.4 is 5.32 Å². The summed E-state index contributed by atoms with van der Waals surface area (Å²) in [4.78, 5) is 18.4. The Labute approximate surface area is 126 Å². The van der Waals surface area contributed by atoms with E-state index in [1.165, 1.54) is 12.8 Å². The molecule has 1 aliphatic carbocycles. The molecule has 1 aliphatic rings. The van der Waals surface area contributed by atoms with Crippen LogP contribution in [0.4, 0.5) is 5.69 Å². The maximum absolute atomic E-state index is 12.5. The summed E-state index contributed by atoms with van der Waals surface area (Å²) in [6.45, 7) is 6.73. The van der Waals surface area contributed by atoms with Crippen LogP contribution in [-0.2, 0) is 4.74 Å². The van der Waals surface area contributed by atoms with Gasteiger partial charge in [0, 0.05) is 38.6 Å². The van der Waals surface area contributed by atoms with Crippen LogP contribution in [-0.4, -0.2) is 49.1 Å². The van der Waals surface area contributed by atoms with Crippen molar-refractivity contribution in [2.45, 2.75) is 26.7 Å². The number of pyridine rings is 1. The summed E-state index contributed by atoms with van der Waals surface area (Å²) < 4.78 is 5.59. The number of rotatable bonds is 8. The highest BCUT2D eigenvalue weighted by atomic mass is 16.5. The summed E-state index contributed by atoms with van der Waals surface area (Å²) in [7, 11) is 1.80. The minimum atomic E-state index is -0.0199. The van der Waals surface area contributed by atoms with Crippen molar-refractivity contribution in [3.05, 3.63) is 23.5 Å². The molecule has 1 N–H and O–H groups in total. The summed E-state index contributed by atoms with van der Waals surface area (Å²) in [5, 5.41) is 3.22. The third kappa shape index (κ3) is 4.70. The van der Waals surface area contributed by atoms with Crippen LogP contribution >= 0.6 is 0 Å². The van der Waals surface area contributed by atoms with Crippen molar-refractivity contribution in [3.63, 3.8) is 0 Å². The van der Waals surface area contributed by atoms with Gasteiger partial charge in [-0.3, -0.25) is 9.78 Å². The van der Waals surface area contributed by atoms with Crippen molar-refractivity contribution < 1.29 is 9.53 Å². The van der Waals surface area contributed by atoms with Crippen molar-refractivity contribution in [1.29, 1.82) is 0 Å². The Morgan fingerprint density at radius 2 is 2.29 bits per heavy atom. The first-order chi connectivity index (χ1) is 10.1. The molecule has 0 radical (unpaired) electrons. The molecule has 0 bridgehead atoms. The molecule has 1 saturated carbocycles. The lowest BCUT2D eigenvalue weighted by atomic mass is 10.2. The molecule has 5 heteroatoms. The lowest BCUT2D eigenvalue weighted by molar-refractivity contribution is 0.0681. The number of nitrogens with zero attached hydrogens (tertiary/aromatic N) is 2. The van der Waals surface area contributed by atoms with Crippen molar-refractivity contribution in [3.8, 4) is 0 Å². The third-order valence-electron chi connectivity index (χ3n) is 3.61. The van der Waals surface area contributed by atoms with Gasteiger partial charge in [0.1, 0.15) is 0 Å². The first-order valence-corrected chi connectivity index (χ1v) is 7.65. The Balaban J connectivity index is 1.90. The molecule has 0 atom stereocenters. The van der Waals surface area contributed by atoms with Gasteiger partial charge in [-0.1, -0.05) is 0 Å². The van der Waals surface area contributed by atoms with Gasteiger partial charge < -0.3 is 15.0 Å². The molecule has 0 spiro atoms. The minimum Gasteiger partial charge on any atom is -0.385 e. The Kier molecular flexibility index (Phi) is 5.56. The standard InChI is InChI=1S/C16H25N3O2/c1-4-17-15-9-12(2)18-10-14(15)16(20)19(3)7-8-21-11-13-5-6-13/h9-10,13H,4-8,11H2,1-3H3,(H,17,18). The highest BCUT2D eigenvalue weighted by molar-refractivity contribution is 5.99. The summed E-state index contributed by atoms with van der Waals surface area (Å²) >= 11 is 0. The second-order valence-electron chi connectivity index (χ2n) is 5.65. The molecule has 5 nitrogen and oxygen atoms in total. The van der Waals surface area contributed by atoms with Gasteiger partial charge in [0.2, 0.25) is 0 Å². The molecule has 0 saturated heterocycles. The number of carbonyl (C=O) groups is 1. The molecule has 116 valence electrons. The van der Waals surface area contributed by atoms with E-state index in [9.17, 15) is 4.79 Å². The number of hydrogen-bond acceptors (Lipinski definition) is 4. The lowest BCUT2D eigenvalue weighted by Crippen LogP contribution is -2.31. The second kappa shape index (κ2) is 7.41. The van der Waals surface area contributed by atoms with Gasteiger partial charge >= 0.3 is 0 Å². The quantitative estimate of drug-likeness (QED) is 0.747. The molecule has 1 aromatic rings. The number of carbonyl (C=O) groups excluding carboxylic acids is 1. The lowest BCUT2D eigenvalue weighted by Gasteiger charge is -2.19. The Bertz CT molecular complexity index is 486. The first kappa shape index (κ1) is 15.8. The highest BCUT2D eigenvalue weighted by Crippen LogP contribution is 2.28. The third-order valence-corrected chi connectivity index (χ3v) is 3.61. The number of aryl methyl sites for hydroxylation is 1. The zero-order valence-corrected chi connectivity index (χ0v) is 13.2. The SMILES string of the molecule is CCNc1cc(C)ncc1C(=O)N(C)CCOCC1CC1. The van der Waals surface area contributed by atoms with Crippen LogP contribution in [0.25, 0.3) is 0 Å². The fraction of sp³-hybridized carbons (Fsp3) is 0.625. The zero-order valence-electron chi connectivity index (χ0n) is 13.2. The van der Waals surface area contributed by atoms with E-state index in [1.54, 1.807) is 18.1 Å². The summed E-state index contributed by atoms with van der Waals surface area (Å²) in [5.74, 6) is 0.737. The number of nitrogens with one attached hydrogen (secondary N) is 1. The molecule has 1 heterocycles. The molecular formula is C16H25N3O2. The molecule has 2 rings (SSSR count). The summed E-state index contributed by atoms with van der Waals surface area (Å²) in [5.41, 5.74) is 2.37. The van der Waals surface area contributed by atoms with Gasteiger partial charge in [-0.25, -0.2) is 0 Å². The fourth-order valence-corrected chi connectivity index (χ4v) is 2.11. The van der Waals surface area contributed by atoms with Gasteiger partial charge in [-0.2, -0.15) is 0 Å². The van der Waals surface area contributed by atoms with Crippen LogP contribution in [0.2, 0.25) is 0 Å². The number of amides is 1. The largest absolute Gasteiger partial charge is 0.385 e. The molecule has 1 fully saturated rings. The number of likely N-dealkylation sites (N-methyl/N-ethyl adjacent to an activating group) is 1. The van der Waals surface area contributed by atoms with Crippen LogP contribution in [0.3, 0.4) is 0 Å². The average Bonchev–Trinajstić information content (AvgIpc) is 3.27. The number of aromatic nitrogens is 1. The van der Waals surface area contributed by atoms with E-state index in [1.807, 2.05) is 19.9 Å². The van der Waals surface area contributed by atoms with Gasteiger partial charge in [0.05, 0.1) is 17.9 Å². The van der Waals surface area contributed by atoms with E-state index in [-0.39, 0.29) is 5.91 Å². The van der Waals surface area contributed by atoms with Gasteiger partial charge in [-0.05, 0) is 38.7 Å². The first-order valence-electron chi connectivity index (χ1n) is 7.65. The maximum atomic E-state index is 12.5. The minimum absolute atomic E-state index is 0.0199. The molecule has 21 heavy (non-hydrogen) atoms. The molecule has 1 aromatic heterocycles. The van der Waals surface area contributed by atoms with Crippen LogP contribution in [0.5, 0.6) is 0 Å². The van der Waals surface area contributed by atoms with Crippen molar-refractivity contribution in [2.24, 2.45) is 5.92 Å². The van der Waals surface area contributed by atoms with Crippen LogP contribution in [0.1, 0.15) is 35.8 Å². The van der Waals surface area contributed by atoms with Crippen molar-refractivity contribution in [1.82, 2.24) is 9.88 Å². The molecule has 1 amide bonds. The number of ether oxygens (including phenoxy) is 1. The predicted molar refractivity (Wildman–Crippen MR) is 83.6 cm³/mol. The second-order valence-corrected chi connectivity index (χ2v) is 5.65. The highest BCUT2D eigenvalue weighted by Gasteiger charge is 2.21. The predicted octanol–water partition coefficient (Wildman–Crippen LogP) is 2.32. The van der Waals surface area contributed by atoms with E-state index < -0.39 is 0 Å². The zero-order chi connectivity index (χ0) is 15.2. The average molecular weight is 291 g/mol. The summed E-state index contributed by atoms with van der Waals surface area (Å²) in [6, 6.07) is 1.91. The topological polar surface area (TPSA) is 54.5 Å².